The first-order valence-electron chi connectivity index (χ1n) is 18.7. The molecule has 42 heavy (non-hydrogen) atoms. The van der Waals surface area contributed by atoms with Crippen molar-refractivity contribution in [2.24, 2.45) is 0 Å². The van der Waals surface area contributed by atoms with Gasteiger partial charge in [0.2, 0.25) is 0 Å². The summed E-state index contributed by atoms with van der Waals surface area (Å²) in [5, 5.41) is 10.2. The highest BCUT2D eigenvalue weighted by molar-refractivity contribution is 5.88. The van der Waals surface area contributed by atoms with Gasteiger partial charge < -0.3 is 9.84 Å². The number of hydrogen-bond acceptors (Lipinski definition) is 5. The number of carbonyl (C=O) groups excluding carboxylic acids is 2. The van der Waals surface area contributed by atoms with Crippen LogP contribution in [0.15, 0.2) is 0 Å². The maximum Gasteiger partial charge on any atom is 0.331 e. The minimum Gasteiger partial charge on any atom is -0.392 e. The number of aliphatic hydroxyl groups excluding tert-OH is 1. The number of unbranched alkanes of at least 4 members (excludes halogenated alkanes) is 25. The van der Waals surface area contributed by atoms with Crippen molar-refractivity contribution < 1.29 is 19.4 Å². The molecule has 248 valence electrons. The van der Waals surface area contributed by atoms with Crippen molar-refractivity contribution in [3.8, 4) is 0 Å². The van der Waals surface area contributed by atoms with Crippen LogP contribution in [0.5, 0.6) is 0 Å². The van der Waals surface area contributed by atoms with Gasteiger partial charge in [0, 0.05) is 19.4 Å². The van der Waals surface area contributed by atoms with Gasteiger partial charge in [-0.3, -0.25) is 9.69 Å². The average Bonchev–Trinajstić information content (AvgIpc) is 3.36. The van der Waals surface area contributed by atoms with Crippen LogP contribution in [0.1, 0.15) is 200 Å². The van der Waals surface area contributed by atoms with E-state index in [0.29, 0.717) is 19.4 Å². The fourth-order valence-corrected chi connectivity index (χ4v) is 6.40. The van der Waals surface area contributed by atoms with Crippen molar-refractivity contribution in [3.05, 3.63) is 0 Å². The van der Waals surface area contributed by atoms with Crippen molar-refractivity contribution in [1.29, 1.82) is 0 Å². The Morgan fingerprint density at radius 2 is 0.929 bits per heavy atom. The predicted octanol–water partition coefficient (Wildman–Crippen LogP) is 10.5. The van der Waals surface area contributed by atoms with Crippen LogP contribution in [0, 0.1) is 0 Å². The fourth-order valence-electron chi connectivity index (χ4n) is 6.40. The fraction of sp³-hybridized carbons (Fsp3) is 0.946. The molecule has 1 heterocycles. The van der Waals surface area contributed by atoms with E-state index in [-0.39, 0.29) is 0 Å². The van der Waals surface area contributed by atoms with E-state index in [2.05, 4.69) is 13.8 Å². The third kappa shape index (κ3) is 22.6. The summed E-state index contributed by atoms with van der Waals surface area (Å²) in [6.45, 7) is 5.84. The van der Waals surface area contributed by atoms with Gasteiger partial charge in [-0.25, -0.2) is 4.79 Å². The normalized spacial score (nSPS) is 17.2. The number of carbonyl (C=O) groups is 2. The minimum atomic E-state index is -0.509. The number of rotatable bonds is 30. The van der Waals surface area contributed by atoms with Gasteiger partial charge in [0.15, 0.2) is 0 Å². The summed E-state index contributed by atoms with van der Waals surface area (Å²) < 4.78 is 5.21. The lowest BCUT2D eigenvalue weighted by Gasteiger charge is -2.22. The van der Waals surface area contributed by atoms with Crippen LogP contribution < -0.4 is 0 Å². The van der Waals surface area contributed by atoms with Gasteiger partial charge in [-0.15, -0.1) is 0 Å². The summed E-state index contributed by atoms with van der Waals surface area (Å²) in [6, 6.07) is -0.474. The maximum atomic E-state index is 12.7. The molecule has 0 radical (unpaired) electrons. The summed E-state index contributed by atoms with van der Waals surface area (Å²) in [5.41, 5.74) is 0. The Hall–Kier alpha value is -0.940. The van der Waals surface area contributed by atoms with E-state index in [9.17, 15) is 14.7 Å². The Labute approximate surface area is 261 Å². The lowest BCUT2D eigenvalue weighted by atomic mass is 10.0. The molecular formula is C37H71NO4. The lowest BCUT2D eigenvalue weighted by Crippen LogP contribution is -2.38. The van der Waals surface area contributed by atoms with E-state index in [1.807, 2.05) is 4.90 Å². The van der Waals surface area contributed by atoms with Gasteiger partial charge in [-0.05, 0) is 19.4 Å². The summed E-state index contributed by atoms with van der Waals surface area (Å²) in [7, 11) is 0. The Morgan fingerprint density at radius 1 is 0.571 bits per heavy atom. The van der Waals surface area contributed by atoms with Crippen LogP contribution in [0.2, 0.25) is 0 Å². The van der Waals surface area contributed by atoms with E-state index < -0.39 is 24.1 Å². The second kappa shape index (κ2) is 28.8. The summed E-state index contributed by atoms with van der Waals surface area (Å²) in [5.74, 6) is -0.863. The van der Waals surface area contributed by atoms with Crippen LogP contribution in [0.4, 0.5) is 0 Å². The molecule has 5 nitrogen and oxygen atoms in total. The molecule has 0 aromatic rings. The topological polar surface area (TPSA) is 66.8 Å². The van der Waals surface area contributed by atoms with Crippen LogP contribution in [0.3, 0.4) is 0 Å². The number of aliphatic hydroxyl groups is 1. The first kappa shape index (κ1) is 39.1. The molecular weight excluding hydrogens is 522 g/mol. The van der Waals surface area contributed by atoms with Gasteiger partial charge >= 0.3 is 11.9 Å². The standard InChI is InChI=1S/C37H71NO4/c1-3-5-7-9-11-13-15-17-19-21-23-25-27-29-31-38-33-34(39)32-35(38)37(41)42-36(40)30-28-26-24-22-20-18-16-14-12-10-8-6-4-2/h34-35,39H,3-33H2,1-2H3/t34-,35+/m1/s1. The predicted molar refractivity (Wildman–Crippen MR) is 178 cm³/mol. The molecule has 0 unspecified atom stereocenters. The number of hydrogen-bond donors (Lipinski definition) is 1. The first-order chi connectivity index (χ1) is 20.6. The Bertz CT molecular complexity index is 625. The van der Waals surface area contributed by atoms with Gasteiger partial charge in [-0.1, -0.05) is 174 Å². The van der Waals surface area contributed by atoms with Gasteiger partial charge in [0.25, 0.3) is 0 Å². The smallest absolute Gasteiger partial charge is 0.331 e. The van der Waals surface area contributed by atoms with Gasteiger partial charge in [-0.2, -0.15) is 0 Å². The summed E-state index contributed by atoms with van der Waals surface area (Å²) in [6.07, 6.45) is 35.1. The van der Waals surface area contributed by atoms with Crippen molar-refractivity contribution in [2.45, 2.75) is 212 Å². The molecule has 5 heteroatoms. The molecule has 2 atom stereocenters. The quantitative estimate of drug-likeness (QED) is 0.0510. The zero-order valence-electron chi connectivity index (χ0n) is 28.2. The minimum absolute atomic E-state index is 0.317. The Balaban J connectivity index is 2.00. The Kier molecular flexibility index (Phi) is 26.8. The SMILES string of the molecule is CCCCCCCCCCCCCCCCN1C[C@H](O)C[C@H]1C(=O)OC(=O)CCCCCCCCCCCCCCC. The first-order valence-corrected chi connectivity index (χ1v) is 18.7. The molecule has 0 aromatic heterocycles. The molecule has 1 aliphatic heterocycles. The van der Waals surface area contributed by atoms with Crippen molar-refractivity contribution >= 4 is 11.9 Å². The van der Waals surface area contributed by atoms with Gasteiger partial charge in [0.1, 0.15) is 6.04 Å². The summed E-state index contributed by atoms with van der Waals surface area (Å²) in [4.78, 5) is 27.0. The second-order valence-corrected chi connectivity index (χ2v) is 13.3. The highest BCUT2D eigenvalue weighted by Crippen LogP contribution is 2.21. The number of ether oxygens (including phenoxy) is 1. The molecule has 0 aromatic carbocycles. The molecule has 1 fully saturated rings. The molecule has 1 aliphatic rings. The van der Waals surface area contributed by atoms with Crippen LogP contribution in [-0.4, -0.2) is 47.2 Å². The molecule has 0 bridgehead atoms. The monoisotopic (exact) mass is 594 g/mol. The van der Waals surface area contributed by atoms with Crippen molar-refractivity contribution in [3.63, 3.8) is 0 Å². The lowest BCUT2D eigenvalue weighted by molar-refractivity contribution is -0.163. The third-order valence-corrected chi connectivity index (χ3v) is 9.15. The molecule has 1 saturated heterocycles. The zero-order valence-corrected chi connectivity index (χ0v) is 28.2. The maximum absolute atomic E-state index is 12.7. The van der Waals surface area contributed by atoms with Gasteiger partial charge in [0.05, 0.1) is 6.10 Å². The van der Waals surface area contributed by atoms with Crippen molar-refractivity contribution in [2.75, 3.05) is 13.1 Å². The molecule has 0 amide bonds. The van der Waals surface area contributed by atoms with E-state index >= 15 is 0 Å². The molecule has 0 saturated carbocycles. The highest BCUT2D eigenvalue weighted by atomic mass is 16.6. The van der Waals surface area contributed by atoms with Crippen LogP contribution in [-0.2, 0) is 14.3 Å². The molecule has 1 N–H and O–H groups in total. The highest BCUT2D eigenvalue weighted by Gasteiger charge is 2.37. The van der Waals surface area contributed by atoms with Crippen LogP contribution in [0.25, 0.3) is 0 Å². The molecule has 0 spiro atoms. The van der Waals surface area contributed by atoms with E-state index in [1.165, 1.54) is 141 Å². The molecule has 1 rings (SSSR count). The zero-order chi connectivity index (χ0) is 30.5. The van der Waals surface area contributed by atoms with E-state index in [0.717, 1.165) is 38.6 Å². The number of likely N-dealkylation sites (tertiary alicyclic amines) is 1. The largest absolute Gasteiger partial charge is 0.392 e. The number of β-amino-alcohol motifs (C(OH)–C–C–N with tert-alkyl or cyclic N) is 1. The van der Waals surface area contributed by atoms with Crippen molar-refractivity contribution in [1.82, 2.24) is 4.90 Å². The van der Waals surface area contributed by atoms with Crippen LogP contribution >= 0.6 is 0 Å². The Morgan fingerprint density at radius 3 is 1.33 bits per heavy atom. The second-order valence-electron chi connectivity index (χ2n) is 13.3. The summed E-state index contributed by atoms with van der Waals surface area (Å²) >= 11 is 0. The third-order valence-electron chi connectivity index (χ3n) is 9.15. The number of nitrogens with zero attached hydrogens (tertiary/aromatic N) is 1. The number of esters is 2. The van der Waals surface area contributed by atoms with E-state index in [4.69, 9.17) is 4.74 Å². The average molecular weight is 594 g/mol. The molecule has 0 aliphatic carbocycles. The van der Waals surface area contributed by atoms with E-state index in [1.54, 1.807) is 0 Å².